The van der Waals surface area contributed by atoms with E-state index in [2.05, 4.69) is 9.50 Å². The summed E-state index contributed by atoms with van der Waals surface area (Å²) < 4.78 is 31.2. The van der Waals surface area contributed by atoms with Crippen molar-refractivity contribution in [3.8, 4) is 5.75 Å². The highest BCUT2D eigenvalue weighted by molar-refractivity contribution is 7.85. The third-order valence-corrected chi connectivity index (χ3v) is 3.11. The monoisotopic (exact) mass is 332 g/mol. The van der Waals surface area contributed by atoms with Gasteiger partial charge in [-0.25, -0.2) is 0 Å². The molecule has 122 valence electrons. The van der Waals surface area contributed by atoms with Crippen LogP contribution in [0.1, 0.15) is 17.3 Å². The molecule has 0 heterocycles. The van der Waals surface area contributed by atoms with Gasteiger partial charge in [-0.05, 0) is 13.0 Å². The summed E-state index contributed by atoms with van der Waals surface area (Å²) in [5, 5.41) is 13.3. The number of hydrogen-bond acceptors (Lipinski definition) is 7. The molecule has 0 bridgehead atoms. The third-order valence-electron chi connectivity index (χ3n) is 2.55. The number of hydrogen-bond donors (Lipinski definition) is 1. The topological polar surface area (TPSA) is 125 Å². The van der Waals surface area contributed by atoms with Crippen LogP contribution in [0.5, 0.6) is 5.75 Å². The summed E-state index contributed by atoms with van der Waals surface area (Å²) in [4.78, 5) is 22.1. The zero-order chi connectivity index (χ0) is 16.9. The van der Waals surface area contributed by atoms with Crippen LogP contribution in [-0.2, 0) is 14.3 Å². The second-order valence-electron chi connectivity index (χ2n) is 4.51. The Morgan fingerprint density at radius 3 is 2.59 bits per heavy atom. The van der Waals surface area contributed by atoms with Gasteiger partial charge in [-0.1, -0.05) is 0 Å². The fourth-order valence-corrected chi connectivity index (χ4v) is 2.00. The molecule has 0 aromatic heterocycles. The minimum absolute atomic E-state index is 0.0438. The average molecular weight is 332 g/mol. The van der Waals surface area contributed by atoms with Crippen LogP contribution in [0.25, 0.3) is 0 Å². The van der Waals surface area contributed by atoms with Crippen molar-refractivity contribution in [3.63, 3.8) is 0 Å². The molecule has 0 unspecified atom stereocenters. The maximum Gasteiger partial charge on any atom is 0.310 e. The van der Waals surface area contributed by atoms with Crippen molar-refractivity contribution in [1.29, 1.82) is 0 Å². The summed E-state index contributed by atoms with van der Waals surface area (Å²) in [6, 6.07) is 3.10. The molecule has 1 aromatic rings. The molecule has 1 N–H and O–H groups in total. The van der Waals surface area contributed by atoms with Crippen LogP contribution >= 0.6 is 0 Å². The number of nitro benzene ring substituents is 1. The molecule has 10 heteroatoms. The Morgan fingerprint density at radius 2 is 2.09 bits per heavy atom. The fraction of sp³-hybridized carbons (Fsp3) is 0.417. The van der Waals surface area contributed by atoms with Crippen LogP contribution < -0.4 is 10.1 Å². The van der Waals surface area contributed by atoms with Gasteiger partial charge in [-0.15, -0.1) is 0 Å². The second kappa shape index (κ2) is 7.18. The van der Waals surface area contributed by atoms with Gasteiger partial charge in [0.2, 0.25) is 0 Å². The van der Waals surface area contributed by atoms with Crippen molar-refractivity contribution in [3.05, 3.63) is 33.9 Å². The smallest absolute Gasteiger partial charge is 0.310 e. The van der Waals surface area contributed by atoms with Crippen molar-refractivity contribution < 1.29 is 27.1 Å². The molecular weight excluding hydrogens is 316 g/mol. The van der Waals surface area contributed by atoms with Gasteiger partial charge < -0.3 is 10.1 Å². The molecular formula is C12H16N2O7S. The van der Waals surface area contributed by atoms with Gasteiger partial charge in [0.15, 0.2) is 5.75 Å². The first-order valence-electron chi connectivity index (χ1n) is 6.11. The molecule has 0 aliphatic carbocycles. The van der Waals surface area contributed by atoms with E-state index in [0.29, 0.717) is 0 Å². The molecule has 0 radical (unpaired) electrons. The molecule has 22 heavy (non-hydrogen) atoms. The Morgan fingerprint density at radius 1 is 1.45 bits per heavy atom. The van der Waals surface area contributed by atoms with E-state index in [-0.39, 0.29) is 23.6 Å². The van der Waals surface area contributed by atoms with Gasteiger partial charge in [-0.3, -0.25) is 19.1 Å². The fourth-order valence-electron chi connectivity index (χ4n) is 1.54. The molecule has 1 atom stereocenters. The van der Waals surface area contributed by atoms with E-state index in [4.69, 9.17) is 4.74 Å². The summed E-state index contributed by atoms with van der Waals surface area (Å²) >= 11 is 0. The lowest BCUT2D eigenvalue weighted by Gasteiger charge is -2.13. The number of benzene rings is 1. The Labute approximate surface area is 127 Å². The highest BCUT2D eigenvalue weighted by Gasteiger charge is 2.18. The number of amides is 1. The second-order valence-corrected chi connectivity index (χ2v) is 6.15. The maximum atomic E-state index is 12.0. The lowest BCUT2D eigenvalue weighted by Crippen LogP contribution is -2.36. The molecule has 1 rings (SSSR count). The van der Waals surface area contributed by atoms with Crippen LogP contribution in [-0.4, -0.2) is 45.3 Å². The zero-order valence-corrected chi connectivity index (χ0v) is 13.0. The predicted molar refractivity (Wildman–Crippen MR) is 77.4 cm³/mol. The summed E-state index contributed by atoms with van der Waals surface area (Å²) in [5.41, 5.74) is -0.110. The SMILES string of the molecule is COc1cc(C(=O)N[C@H](C)COS(C)(=O)=O)ccc1[N+](=O)[O-]. The summed E-state index contributed by atoms with van der Waals surface area (Å²) in [5.74, 6) is -0.574. The van der Waals surface area contributed by atoms with E-state index in [1.807, 2.05) is 0 Å². The molecule has 1 amide bonds. The molecule has 0 spiro atoms. The van der Waals surface area contributed by atoms with Crippen molar-refractivity contribution in [2.75, 3.05) is 20.0 Å². The number of nitrogens with one attached hydrogen (secondary N) is 1. The van der Waals surface area contributed by atoms with E-state index in [9.17, 15) is 23.3 Å². The van der Waals surface area contributed by atoms with Crippen molar-refractivity contribution >= 4 is 21.7 Å². The minimum Gasteiger partial charge on any atom is -0.490 e. The lowest BCUT2D eigenvalue weighted by molar-refractivity contribution is -0.385. The van der Waals surface area contributed by atoms with Crippen LogP contribution in [0.3, 0.4) is 0 Å². The van der Waals surface area contributed by atoms with Gasteiger partial charge in [0.1, 0.15) is 0 Å². The normalized spacial score (nSPS) is 12.5. The van der Waals surface area contributed by atoms with Crippen molar-refractivity contribution in [2.45, 2.75) is 13.0 Å². The molecule has 9 nitrogen and oxygen atoms in total. The van der Waals surface area contributed by atoms with Crippen LogP contribution in [0.4, 0.5) is 5.69 Å². The van der Waals surface area contributed by atoms with Crippen molar-refractivity contribution in [2.24, 2.45) is 0 Å². The van der Waals surface area contributed by atoms with E-state index in [1.54, 1.807) is 6.92 Å². The molecule has 0 aliphatic heterocycles. The van der Waals surface area contributed by atoms with Gasteiger partial charge in [-0.2, -0.15) is 8.42 Å². The minimum atomic E-state index is -3.59. The standard InChI is InChI=1S/C12H16N2O7S/c1-8(7-21-22(3,18)19)13-12(15)9-4-5-10(14(16)17)11(6-9)20-2/h4-6,8H,7H2,1-3H3,(H,13,15)/t8-/m1/s1. The van der Waals surface area contributed by atoms with Gasteiger partial charge in [0, 0.05) is 17.7 Å². The lowest BCUT2D eigenvalue weighted by atomic mass is 10.1. The molecule has 0 aliphatic rings. The van der Waals surface area contributed by atoms with Gasteiger partial charge in [0.25, 0.3) is 16.0 Å². The summed E-state index contributed by atoms with van der Waals surface area (Å²) in [7, 11) is -2.34. The Kier molecular flexibility index (Phi) is 5.83. The first kappa shape index (κ1) is 17.9. The largest absolute Gasteiger partial charge is 0.490 e. The number of methoxy groups -OCH3 is 1. The number of nitrogens with zero attached hydrogens (tertiary/aromatic N) is 1. The summed E-state index contributed by atoms with van der Waals surface area (Å²) in [6.07, 6.45) is 0.905. The van der Waals surface area contributed by atoms with Crippen LogP contribution in [0.15, 0.2) is 18.2 Å². The first-order chi connectivity index (χ1) is 10.1. The van der Waals surface area contributed by atoms with Gasteiger partial charge in [0.05, 0.1) is 30.9 Å². The van der Waals surface area contributed by atoms with Crippen LogP contribution in [0, 0.1) is 10.1 Å². The number of rotatable bonds is 7. The Hall–Kier alpha value is -2.20. The number of nitro groups is 1. The van der Waals surface area contributed by atoms with E-state index >= 15 is 0 Å². The highest BCUT2D eigenvalue weighted by Crippen LogP contribution is 2.27. The third kappa shape index (κ3) is 5.30. The predicted octanol–water partition coefficient (Wildman–Crippen LogP) is 0.698. The number of ether oxygens (including phenoxy) is 1. The van der Waals surface area contributed by atoms with E-state index in [1.165, 1.54) is 19.2 Å². The number of carbonyl (C=O) groups excluding carboxylic acids is 1. The zero-order valence-electron chi connectivity index (χ0n) is 12.2. The molecule has 0 saturated carbocycles. The van der Waals surface area contributed by atoms with Crippen LogP contribution in [0.2, 0.25) is 0 Å². The molecule has 0 fully saturated rings. The average Bonchev–Trinajstić information content (AvgIpc) is 2.43. The molecule has 1 aromatic carbocycles. The molecule has 0 saturated heterocycles. The Balaban J connectivity index is 2.79. The quantitative estimate of drug-likeness (QED) is 0.442. The Bertz CT molecular complexity index is 672. The van der Waals surface area contributed by atoms with Crippen molar-refractivity contribution in [1.82, 2.24) is 5.32 Å². The number of carbonyl (C=O) groups is 1. The maximum absolute atomic E-state index is 12.0. The first-order valence-corrected chi connectivity index (χ1v) is 7.93. The summed E-state index contributed by atoms with van der Waals surface area (Å²) in [6.45, 7) is 1.35. The van der Waals surface area contributed by atoms with E-state index in [0.717, 1.165) is 12.3 Å². The van der Waals surface area contributed by atoms with E-state index < -0.39 is 27.0 Å². The van der Waals surface area contributed by atoms with Gasteiger partial charge >= 0.3 is 5.69 Å². The highest BCUT2D eigenvalue weighted by atomic mass is 32.2.